The van der Waals surface area contributed by atoms with Crippen LogP contribution in [-0.2, 0) is 38.2 Å². The lowest BCUT2D eigenvalue weighted by atomic mass is 10.2. The molecule has 0 bridgehead atoms. The number of hydrogen-bond acceptors (Lipinski definition) is 8. The van der Waals surface area contributed by atoms with Crippen molar-refractivity contribution in [3.63, 3.8) is 0 Å². The molecule has 2 N–H and O–H groups in total. The highest BCUT2D eigenvalue weighted by molar-refractivity contribution is 6.01. The van der Waals surface area contributed by atoms with E-state index in [0.29, 0.717) is 12.2 Å². The predicted octanol–water partition coefficient (Wildman–Crippen LogP) is -0.256. The van der Waals surface area contributed by atoms with Crippen molar-refractivity contribution in [2.24, 2.45) is 0 Å². The Hall–Kier alpha value is -3.56. The summed E-state index contributed by atoms with van der Waals surface area (Å²) in [6.07, 6.45) is -0.559. The number of carbonyl (C=O) groups is 6. The van der Waals surface area contributed by atoms with E-state index < -0.39 is 59.8 Å². The Bertz CT molecular complexity index is 596. The van der Waals surface area contributed by atoms with Gasteiger partial charge in [-0.2, -0.15) is 0 Å². The summed E-state index contributed by atoms with van der Waals surface area (Å²) in [5, 5.41) is 17.0. The molecule has 128 valence electrons. The average molecular weight is 340 g/mol. The van der Waals surface area contributed by atoms with Gasteiger partial charge >= 0.3 is 35.8 Å². The SMILES string of the molecule is C=C(CC(=O)OC(=O)/C=C\C(=O)OC(=O)CC(=C)C(=O)O)C(=O)O. The van der Waals surface area contributed by atoms with Gasteiger partial charge in [0.05, 0.1) is 12.8 Å². The van der Waals surface area contributed by atoms with E-state index in [-0.39, 0.29) is 0 Å². The fraction of sp³-hybridized carbons (Fsp3) is 0.143. The van der Waals surface area contributed by atoms with Crippen molar-refractivity contribution in [3.05, 3.63) is 36.5 Å². The number of rotatable bonds is 8. The van der Waals surface area contributed by atoms with Gasteiger partial charge in [-0.3, -0.25) is 9.59 Å². The van der Waals surface area contributed by atoms with Crippen LogP contribution in [0.5, 0.6) is 0 Å². The Morgan fingerprint density at radius 3 is 1.25 bits per heavy atom. The topological polar surface area (TPSA) is 161 Å². The van der Waals surface area contributed by atoms with Gasteiger partial charge in [0, 0.05) is 23.3 Å². The molecule has 10 nitrogen and oxygen atoms in total. The number of carboxylic acids is 2. The molecular formula is C14H12O10. The maximum absolute atomic E-state index is 11.2. The maximum Gasteiger partial charge on any atom is 0.338 e. The third-order valence-electron chi connectivity index (χ3n) is 2.10. The summed E-state index contributed by atoms with van der Waals surface area (Å²) in [6.45, 7) is 6.11. The highest BCUT2D eigenvalue weighted by atomic mass is 16.6. The Labute approximate surface area is 134 Å². The van der Waals surface area contributed by atoms with Crippen molar-refractivity contribution < 1.29 is 48.5 Å². The fourth-order valence-corrected chi connectivity index (χ4v) is 1.00. The minimum absolute atomic E-state index is 0.461. The van der Waals surface area contributed by atoms with Crippen molar-refractivity contribution in [1.29, 1.82) is 0 Å². The second-order valence-corrected chi connectivity index (χ2v) is 4.09. The summed E-state index contributed by atoms with van der Waals surface area (Å²) in [4.78, 5) is 65.4. The number of ether oxygens (including phenoxy) is 2. The van der Waals surface area contributed by atoms with Gasteiger partial charge in [0.2, 0.25) is 0 Å². The summed E-state index contributed by atoms with van der Waals surface area (Å²) in [7, 11) is 0. The lowest BCUT2D eigenvalue weighted by Crippen LogP contribution is -2.15. The molecule has 0 aromatic heterocycles. The monoisotopic (exact) mass is 340 g/mol. The lowest BCUT2D eigenvalue weighted by molar-refractivity contribution is -0.158. The van der Waals surface area contributed by atoms with Crippen LogP contribution in [0.2, 0.25) is 0 Å². The van der Waals surface area contributed by atoms with Gasteiger partial charge in [-0.1, -0.05) is 13.2 Å². The largest absolute Gasteiger partial charge is 0.478 e. The lowest BCUT2D eigenvalue weighted by Gasteiger charge is -2.01. The minimum atomic E-state index is -1.44. The molecule has 0 aliphatic heterocycles. The molecule has 0 spiro atoms. The number of hydrogen-bond donors (Lipinski definition) is 2. The Kier molecular flexibility index (Phi) is 8.05. The van der Waals surface area contributed by atoms with Crippen molar-refractivity contribution in [2.75, 3.05) is 0 Å². The number of aliphatic carboxylic acids is 2. The quantitative estimate of drug-likeness (QED) is 0.342. The van der Waals surface area contributed by atoms with Gasteiger partial charge in [-0.05, 0) is 0 Å². The number of carbonyl (C=O) groups excluding carboxylic acids is 4. The molecule has 0 rings (SSSR count). The third-order valence-corrected chi connectivity index (χ3v) is 2.10. The van der Waals surface area contributed by atoms with Crippen LogP contribution in [-0.4, -0.2) is 46.0 Å². The number of carboxylic acid groups (broad SMARTS) is 2. The molecule has 0 aliphatic carbocycles. The molecule has 0 aliphatic rings. The number of esters is 4. The molecule has 0 aromatic rings. The van der Waals surface area contributed by atoms with E-state index in [2.05, 4.69) is 22.6 Å². The highest BCUT2D eigenvalue weighted by Crippen LogP contribution is 2.02. The van der Waals surface area contributed by atoms with E-state index in [9.17, 15) is 28.8 Å². The van der Waals surface area contributed by atoms with E-state index >= 15 is 0 Å². The molecule has 10 heteroatoms. The van der Waals surface area contributed by atoms with Crippen LogP contribution in [0.4, 0.5) is 0 Å². The van der Waals surface area contributed by atoms with Gasteiger partial charge in [0.1, 0.15) is 0 Å². The van der Waals surface area contributed by atoms with Crippen molar-refractivity contribution in [1.82, 2.24) is 0 Å². The zero-order chi connectivity index (χ0) is 18.9. The summed E-state index contributed by atoms with van der Waals surface area (Å²) in [5.41, 5.74) is -0.999. The first-order valence-corrected chi connectivity index (χ1v) is 6.02. The molecule has 0 aromatic carbocycles. The van der Waals surface area contributed by atoms with Crippen molar-refractivity contribution in [3.8, 4) is 0 Å². The summed E-state index contributed by atoms with van der Waals surface area (Å²) in [5.74, 6) is -7.92. The van der Waals surface area contributed by atoms with Gasteiger partial charge in [0.25, 0.3) is 0 Å². The van der Waals surface area contributed by atoms with Crippen LogP contribution in [0.3, 0.4) is 0 Å². The van der Waals surface area contributed by atoms with Crippen molar-refractivity contribution in [2.45, 2.75) is 12.8 Å². The molecule has 0 saturated carbocycles. The van der Waals surface area contributed by atoms with Gasteiger partial charge in [0.15, 0.2) is 0 Å². The zero-order valence-electron chi connectivity index (χ0n) is 12.1. The van der Waals surface area contributed by atoms with E-state index in [0.717, 1.165) is 0 Å². The van der Waals surface area contributed by atoms with Crippen LogP contribution in [0.15, 0.2) is 36.5 Å². The molecule has 0 heterocycles. The van der Waals surface area contributed by atoms with E-state index in [1.165, 1.54) is 0 Å². The third kappa shape index (κ3) is 8.67. The molecule has 0 radical (unpaired) electrons. The first-order chi connectivity index (χ1) is 11.0. The molecule has 0 atom stereocenters. The van der Waals surface area contributed by atoms with Crippen LogP contribution in [0, 0.1) is 0 Å². The Morgan fingerprint density at radius 1 is 0.708 bits per heavy atom. The minimum Gasteiger partial charge on any atom is -0.478 e. The highest BCUT2D eigenvalue weighted by Gasteiger charge is 2.16. The van der Waals surface area contributed by atoms with Gasteiger partial charge in [-0.25, -0.2) is 19.2 Å². The molecule has 0 unspecified atom stereocenters. The summed E-state index contributed by atoms with van der Waals surface area (Å²) >= 11 is 0. The summed E-state index contributed by atoms with van der Waals surface area (Å²) < 4.78 is 8.30. The second-order valence-electron chi connectivity index (χ2n) is 4.09. The fourth-order valence-electron chi connectivity index (χ4n) is 1.00. The van der Waals surface area contributed by atoms with Crippen LogP contribution in [0.1, 0.15) is 12.8 Å². The molecule has 0 saturated heterocycles. The normalized spacial score (nSPS) is 9.83. The van der Waals surface area contributed by atoms with Crippen LogP contribution in [0.25, 0.3) is 0 Å². The standard InChI is InChI=1S/C14H12O10/c1-7(13(19)20)5-11(17)23-9(15)3-4-10(16)24-12(18)6-8(2)14(21)22/h3-4H,1-2,5-6H2,(H,19,20)(H,21,22)/b4-3-. The van der Waals surface area contributed by atoms with Crippen molar-refractivity contribution >= 4 is 35.8 Å². The van der Waals surface area contributed by atoms with E-state index in [1.54, 1.807) is 0 Å². The smallest absolute Gasteiger partial charge is 0.338 e. The van der Waals surface area contributed by atoms with E-state index in [4.69, 9.17) is 10.2 Å². The van der Waals surface area contributed by atoms with E-state index in [1.807, 2.05) is 0 Å². The first kappa shape index (κ1) is 20.4. The maximum atomic E-state index is 11.2. The molecule has 0 fully saturated rings. The predicted molar refractivity (Wildman–Crippen MR) is 74.1 cm³/mol. The van der Waals surface area contributed by atoms with Crippen LogP contribution < -0.4 is 0 Å². The van der Waals surface area contributed by atoms with Gasteiger partial charge < -0.3 is 19.7 Å². The average Bonchev–Trinajstić information content (AvgIpc) is 2.44. The molecule has 24 heavy (non-hydrogen) atoms. The summed E-state index contributed by atoms with van der Waals surface area (Å²) in [6, 6.07) is 0. The molecular weight excluding hydrogens is 328 g/mol. The van der Waals surface area contributed by atoms with Gasteiger partial charge in [-0.15, -0.1) is 0 Å². The molecule has 0 amide bonds. The zero-order valence-corrected chi connectivity index (χ0v) is 12.1. The first-order valence-electron chi connectivity index (χ1n) is 6.02. The van der Waals surface area contributed by atoms with Crippen LogP contribution >= 0.6 is 0 Å². The Balaban J connectivity index is 4.37. The Morgan fingerprint density at radius 2 is 1.00 bits per heavy atom. The second kappa shape index (κ2) is 9.46.